The molecular formula is C13H12O3S. The molecule has 0 saturated carbocycles. The highest BCUT2D eigenvalue weighted by Gasteiger charge is 2.43. The molecule has 17 heavy (non-hydrogen) atoms. The SMILES string of the molecule is CC1(C(=O)O)OCCc2sc3ccccc3c21. The van der Waals surface area contributed by atoms with Crippen molar-refractivity contribution in [3.8, 4) is 0 Å². The zero-order valence-electron chi connectivity index (χ0n) is 9.40. The quantitative estimate of drug-likeness (QED) is 0.844. The van der Waals surface area contributed by atoms with Gasteiger partial charge in [-0.3, -0.25) is 0 Å². The van der Waals surface area contributed by atoms with Gasteiger partial charge in [0.25, 0.3) is 0 Å². The summed E-state index contributed by atoms with van der Waals surface area (Å²) in [7, 11) is 0. The van der Waals surface area contributed by atoms with Gasteiger partial charge >= 0.3 is 5.97 Å². The van der Waals surface area contributed by atoms with Gasteiger partial charge < -0.3 is 9.84 Å². The van der Waals surface area contributed by atoms with Crippen LogP contribution in [0.5, 0.6) is 0 Å². The molecule has 3 nitrogen and oxygen atoms in total. The molecule has 0 spiro atoms. The van der Waals surface area contributed by atoms with Crippen LogP contribution in [0.4, 0.5) is 0 Å². The summed E-state index contributed by atoms with van der Waals surface area (Å²) in [6.45, 7) is 2.12. The number of hydrogen-bond acceptors (Lipinski definition) is 3. The van der Waals surface area contributed by atoms with Crippen LogP contribution in [0.1, 0.15) is 17.4 Å². The van der Waals surface area contributed by atoms with Gasteiger partial charge in [-0.15, -0.1) is 11.3 Å². The maximum absolute atomic E-state index is 11.5. The third-order valence-corrected chi connectivity index (χ3v) is 4.50. The van der Waals surface area contributed by atoms with Gasteiger partial charge in [0.2, 0.25) is 0 Å². The van der Waals surface area contributed by atoms with Gasteiger partial charge in [0.1, 0.15) is 0 Å². The molecule has 0 aliphatic carbocycles. The summed E-state index contributed by atoms with van der Waals surface area (Å²) >= 11 is 1.68. The van der Waals surface area contributed by atoms with E-state index in [0.29, 0.717) is 6.61 Å². The Morgan fingerprint density at radius 3 is 3.00 bits per heavy atom. The number of ether oxygens (including phenoxy) is 1. The van der Waals surface area contributed by atoms with Crippen LogP contribution in [-0.2, 0) is 21.6 Å². The number of hydrogen-bond donors (Lipinski definition) is 1. The van der Waals surface area contributed by atoms with E-state index in [0.717, 1.165) is 26.9 Å². The Balaban J connectivity index is 2.35. The minimum absolute atomic E-state index is 0.475. The average molecular weight is 248 g/mol. The number of benzene rings is 1. The molecule has 4 heteroatoms. The molecular weight excluding hydrogens is 236 g/mol. The Morgan fingerprint density at radius 2 is 2.24 bits per heavy atom. The van der Waals surface area contributed by atoms with Crippen LogP contribution in [0.15, 0.2) is 24.3 Å². The van der Waals surface area contributed by atoms with E-state index in [-0.39, 0.29) is 0 Å². The summed E-state index contributed by atoms with van der Waals surface area (Å²) in [6.07, 6.45) is 0.803. The molecule has 1 aliphatic heterocycles. The first-order valence-corrected chi connectivity index (χ1v) is 6.33. The number of aliphatic carboxylic acids is 1. The molecule has 88 valence electrons. The summed E-state index contributed by atoms with van der Waals surface area (Å²) in [5.41, 5.74) is -0.357. The molecule has 1 aromatic heterocycles. The predicted molar refractivity (Wildman–Crippen MR) is 66.5 cm³/mol. The van der Waals surface area contributed by atoms with Crippen LogP contribution < -0.4 is 0 Å². The number of carboxylic acids is 1. The van der Waals surface area contributed by atoms with Crippen molar-refractivity contribution in [2.45, 2.75) is 18.9 Å². The maximum Gasteiger partial charge on any atom is 0.340 e. The predicted octanol–water partition coefficient (Wildman–Crippen LogP) is 2.77. The molecule has 2 aromatic rings. The van der Waals surface area contributed by atoms with Crippen molar-refractivity contribution in [3.63, 3.8) is 0 Å². The highest BCUT2D eigenvalue weighted by Crippen LogP contribution is 2.43. The molecule has 0 saturated heterocycles. The summed E-state index contributed by atoms with van der Waals surface area (Å²) in [6, 6.07) is 7.91. The Hall–Kier alpha value is -1.39. The van der Waals surface area contributed by atoms with Crippen molar-refractivity contribution < 1.29 is 14.6 Å². The Kier molecular flexibility index (Phi) is 2.24. The molecule has 1 aromatic carbocycles. The van der Waals surface area contributed by atoms with Crippen LogP contribution in [0.25, 0.3) is 10.1 Å². The number of thiophene rings is 1. The second kappa shape index (κ2) is 3.55. The van der Waals surface area contributed by atoms with Crippen molar-refractivity contribution >= 4 is 27.4 Å². The first-order valence-electron chi connectivity index (χ1n) is 5.51. The zero-order valence-corrected chi connectivity index (χ0v) is 10.2. The van der Waals surface area contributed by atoms with E-state index >= 15 is 0 Å². The number of rotatable bonds is 1. The normalized spacial score (nSPS) is 23.6. The van der Waals surface area contributed by atoms with Crippen LogP contribution in [0.3, 0.4) is 0 Å². The monoisotopic (exact) mass is 248 g/mol. The van der Waals surface area contributed by atoms with Crippen molar-refractivity contribution in [1.82, 2.24) is 0 Å². The number of fused-ring (bicyclic) bond motifs is 3. The van der Waals surface area contributed by atoms with Gasteiger partial charge in [-0.25, -0.2) is 4.79 Å². The van der Waals surface area contributed by atoms with E-state index in [1.807, 2.05) is 24.3 Å². The molecule has 3 rings (SSSR count). The number of carbonyl (C=O) groups is 1. The largest absolute Gasteiger partial charge is 0.479 e. The van der Waals surface area contributed by atoms with E-state index in [1.165, 1.54) is 0 Å². The Labute approximate surface area is 103 Å². The average Bonchev–Trinajstić information content (AvgIpc) is 2.68. The van der Waals surface area contributed by atoms with Crippen molar-refractivity contribution in [3.05, 3.63) is 34.7 Å². The zero-order chi connectivity index (χ0) is 12.0. The highest BCUT2D eigenvalue weighted by molar-refractivity contribution is 7.19. The van der Waals surface area contributed by atoms with Gasteiger partial charge in [0.15, 0.2) is 5.60 Å². The Morgan fingerprint density at radius 1 is 1.47 bits per heavy atom. The number of carboxylic acid groups (broad SMARTS) is 1. The van der Waals surface area contributed by atoms with E-state index in [1.54, 1.807) is 18.3 Å². The Bertz CT molecular complexity index is 602. The fourth-order valence-electron chi connectivity index (χ4n) is 2.38. The van der Waals surface area contributed by atoms with E-state index in [2.05, 4.69) is 0 Å². The summed E-state index contributed by atoms with van der Waals surface area (Å²) in [5.74, 6) is -0.915. The lowest BCUT2D eigenvalue weighted by Gasteiger charge is -2.30. The van der Waals surface area contributed by atoms with Gasteiger partial charge in [0, 0.05) is 21.6 Å². The minimum atomic E-state index is -1.20. The standard InChI is InChI=1S/C13H12O3S/c1-13(12(14)15)11-8-4-2-3-5-9(8)17-10(11)6-7-16-13/h2-5H,6-7H2,1H3,(H,14,15). The maximum atomic E-state index is 11.5. The summed E-state index contributed by atoms with van der Waals surface area (Å²) in [4.78, 5) is 12.6. The molecule has 0 radical (unpaired) electrons. The van der Waals surface area contributed by atoms with Gasteiger partial charge in [-0.1, -0.05) is 18.2 Å². The molecule has 0 amide bonds. The first-order chi connectivity index (χ1) is 8.13. The molecule has 1 atom stereocenters. The van der Waals surface area contributed by atoms with E-state index in [4.69, 9.17) is 4.74 Å². The molecule has 0 bridgehead atoms. The topological polar surface area (TPSA) is 46.5 Å². The van der Waals surface area contributed by atoms with Crippen molar-refractivity contribution in [1.29, 1.82) is 0 Å². The fourth-order valence-corrected chi connectivity index (χ4v) is 3.67. The molecule has 0 fully saturated rings. The molecule has 2 heterocycles. The lowest BCUT2D eigenvalue weighted by atomic mass is 9.90. The molecule has 1 N–H and O–H groups in total. The fraction of sp³-hybridized carbons (Fsp3) is 0.308. The minimum Gasteiger partial charge on any atom is -0.479 e. The van der Waals surface area contributed by atoms with Crippen LogP contribution in [-0.4, -0.2) is 17.7 Å². The van der Waals surface area contributed by atoms with Crippen LogP contribution in [0, 0.1) is 0 Å². The van der Waals surface area contributed by atoms with E-state index < -0.39 is 11.6 Å². The van der Waals surface area contributed by atoms with Gasteiger partial charge in [-0.05, 0) is 18.4 Å². The second-order valence-electron chi connectivity index (χ2n) is 4.33. The van der Waals surface area contributed by atoms with Crippen molar-refractivity contribution in [2.75, 3.05) is 6.61 Å². The third kappa shape index (κ3) is 1.41. The van der Waals surface area contributed by atoms with Crippen molar-refractivity contribution in [2.24, 2.45) is 0 Å². The first kappa shape index (κ1) is 10.7. The van der Waals surface area contributed by atoms with Crippen LogP contribution >= 0.6 is 11.3 Å². The van der Waals surface area contributed by atoms with E-state index in [9.17, 15) is 9.90 Å². The second-order valence-corrected chi connectivity index (χ2v) is 5.47. The van der Waals surface area contributed by atoms with Crippen LogP contribution in [0.2, 0.25) is 0 Å². The lowest BCUT2D eigenvalue weighted by molar-refractivity contribution is -0.166. The molecule has 1 aliphatic rings. The lowest BCUT2D eigenvalue weighted by Crippen LogP contribution is -2.39. The molecule has 1 unspecified atom stereocenters. The highest BCUT2D eigenvalue weighted by atomic mass is 32.1. The smallest absolute Gasteiger partial charge is 0.340 e. The van der Waals surface area contributed by atoms with Gasteiger partial charge in [-0.2, -0.15) is 0 Å². The summed E-state index contributed by atoms with van der Waals surface area (Å²) < 4.78 is 6.66. The van der Waals surface area contributed by atoms with Gasteiger partial charge in [0.05, 0.1) is 6.61 Å². The summed E-state index contributed by atoms with van der Waals surface area (Å²) in [5, 5.41) is 10.4. The third-order valence-electron chi connectivity index (χ3n) is 3.27.